The highest BCUT2D eigenvalue weighted by Crippen LogP contribution is 2.14. The van der Waals surface area contributed by atoms with Gasteiger partial charge in [0.1, 0.15) is 0 Å². The number of esters is 1. The third-order valence-electron chi connectivity index (χ3n) is 2.20. The van der Waals surface area contributed by atoms with E-state index < -0.39 is 5.97 Å². The molecule has 4 nitrogen and oxygen atoms in total. The van der Waals surface area contributed by atoms with Gasteiger partial charge in [-0.2, -0.15) is 0 Å². The molecule has 0 aliphatic rings. The van der Waals surface area contributed by atoms with Gasteiger partial charge in [-0.1, -0.05) is 13.3 Å². The Hall–Kier alpha value is -1.06. The highest BCUT2D eigenvalue weighted by atomic mass is 16.5. The maximum absolute atomic E-state index is 10.6. The molecule has 2 atom stereocenters. The van der Waals surface area contributed by atoms with Crippen LogP contribution in [0.15, 0.2) is 0 Å². The van der Waals surface area contributed by atoms with Gasteiger partial charge in [-0.05, 0) is 25.7 Å². The average Bonchev–Trinajstić information content (AvgIpc) is 2.00. The molecule has 0 aromatic rings. The van der Waals surface area contributed by atoms with Crippen molar-refractivity contribution in [1.82, 2.24) is 0 Å². The lowest BCUT2D eigenvalue weighted by atomic mass is 10.00. The Morgan fingerprint density at radius 2 is 1.87 bits per heavy atom. The SMILES string of the molecule is CC(=O)OC(C)CCCC(C)CC(=O)O. The van der Waals surface area contributed by atoms with Crippen molar-refractivity contribution in [2.45, 2.75) is 52.6 Å². The summed E-state index contributed by atoms with van der Waals surface area (Å²) < 4.78 is 4.96. The van der Waals surface area contributed by atoms with Crippen LogP contribution in [0.4, 0.5) is 0 Å². The molecule has 15 heavy (non-hydrogen) atoms. The number of ether oxygens (including phenoxy) is 1. The van der Waals surface area contributed by atoms with E-state index in [1.165, 1.54) is 6.92 Å². The van der Waals surface area contributed by atoms with Gasteiger partial charge in [-0.25, -0.2) is 0 Å². The molecule has 4 heteroatoms. The van der Waals surface area contributed by atoms with Crippen LogP contribution in [-0.2, 0) is 14.3 Å². The first-order valence-corrected chi connectivity index (χ1v) is 5.30. The molecule has 0 fully saturated rings. The third kappa shape index (κ3) is 9.25. The molecule has 0 radical (unpaired) electrons. The van der Waals surface area contributed by atoms with Gasteiger partial charge in [0.25, 0.3) is 0 Å². The van der Waals surface area contributed by atoms with Crippen LogP contribution in [0.3, 0.4) is 0 Å². The Morgan fingerprint density at radius 1 is 1.27 bits per heavy atom. The maximum Gasteiger partial charge on any atom is 0.303 e. The lowest BCUT2D eigenvalue weighted by Gasteiger charge is -2.13. The minimum Gasteiger partial charge on any atom is -0.481 e. The van der Waals surface area contributed by atoms with E-state index >= 15 is 0 Å². The zero-order valence-electron chi connectivity index (χ0n) is 9.66. The summed E-state index contributed by atoms with van der Waals surface area (Å²) in [6.07, 6.45) is 2.69. The van der Waals surface area contributed by atoms with E-state index in [0.29, 0.717) is 0 Å². The van der Waals surface area contributed by atoms with Crippen LogP contribution in [-0.4, -0.2) is 23.1 Å². The van der Waals surface area contributed by atoms with Crippen molar-refractivity contribution >= 4 is 11.9 Å². The summed E-state index contributed by atoms with van der Waals surface area (Å²) in [5.41, 5.74) is 0. The van der Waals surface area contributed by atoms with E-state index in [1.54, 1.807) is 0 Å². The van der Waals surface area contributed by atoms with Crippen molar-refractivity contribution in [3.05, 3.63) is 0 Å². The Labute approximate surface area is 90.6 Å². The van der Waals surface area contributed by atoms with Gasteiger partial charge < -0.3 is 9.84 Å². The van der Waals surface area contributed by atoms with Crippen molar-refractivity contribution in [1.29, 1.82) is 0 Å². The molecule has 2 unspecified atom stereocenters. The summed E-state index contributed by atoms with van der Waals surface area (Å²) in [6.45, 7) is 5.16. The third-order valence-corrected chi connectivity index (χ3v) is 2.20. The molecule has 0 rings (SSSR count). The van der Waals surface area contributed by atoms with E-state index in [9.17, 15) is 9.59 Å². The van der Waals surface area contributed by atoms with E-state index in [2.05, 4.69) is 0 Å². The van der Waals surface area contributed by atoms with Crippen LogP contribution in [0, 0.1) is 5.92 Å². The zero-order valence-corrected chi connectivity index (χ0v) is 9.66. The minimum absolute atomic E-state index is 0.0699. The molecule has 0 aromatic carbocycles. The van der Waals surface area contributed by atoms with Crippen molar-refractivity contribution in [2.24, 2.45) is 5.92 Å². The normalized spacial score (nSPS) is 14.3. The number of carboxylic acid groups (broad SMARTS) is 1. The molecule has 0 aromatic heterocycles. The molecule has 0 aliphatic heterocycles. The van der Waals surface area contributed by atoms with E-state index in [1.807, 2.05) is 13.8 Å². The number of rotatable bonds is 7. The quantitative estimate of drug-likeness (QED) is 0.663. The summed E-state index contributed by atoms with van der Waals surface area (Å²) in [5.74, 6) is -0.830. The van der Waals surface area contributed by atoms with Crippen LogP contribution in [0.2, 0.25) is 0 Å². The number of aliphatic carboxylic acids is 1. The molecule has 0 bridgehead atoms. The molecule has 0 aliphatic carbocycles. The lowest BCUT2D eigenvalue weighted by Crippen LogP contribution is -2.12. The van der Waals surface area contributed by atoms with Crippen molar-refractivity contribution in [3.8, 4) is 0 Å². The van der Waals surface area contributed by atoms with Gasteiger partial charge in [0.05, 0.1) is 6.10 Å². The van der Waals surface area contributed by atoms with Gasteiger partial charge >= 0.3 is 11.9 Å². The number of hydrogen-bond donors (Lipinski definition) is 1. The fourth-order valence-corrected chi connectivity index (χ4v) is 1.50. The number of carbonyl (C=O) groups is 2. The van der Waals surface area contributed by atoms with E-state index in [-0.39, 0.29) is 24.4 Å². The Bertz CT molecular complexity index is 191. The average molecular weight is 216 g/mol. The first kappa shape index (κ1) is 13.9. The Kier molecular flexibility index (Phi) is 6.75. The number of carbonyl (C=O) groups excluding carboxylic acids is 1. The van der Waals surface area contributed by atoms with Crippen molar-refractivity contribution in [2.75, 3.05) is 0 Å². The van der Waals surface area contributed by atoms with Crippen molar-refractivity contribution < 1.29 is 19.4 Å². The predicted molar refractivity (Wildman–Crippen MR) is 56.5 cm³/mol. The van der Waals surface area contributed by atoms with Gasteiger partial charge in [0, 0.05) is 13.3 Å². The molecule has 88 valence electrons. The summed E-state index contributed by atoms with van der Waals surface area (Å²) in [4.78, 5) is 21.0. The Morgan fingerprint density at radius 3 is 2.33 bits per heavy atom. The monoisotopic (exact) mass is 216 g/mol. The van der Waals surface area contributed by atoms with Crippen LogP contribution < -0.4 is 0 Å². The summed E-state index contributed by atoms with van der Waals surface area (Å²) in [7, 11) is 0. The first-order chi connectivity index (χ1) is 6.91. The van der Waals surface area contributed by atoms with Crippen LogP contribution >= 0.6 is 0 Å². The maximum atomic E-state index is 10.6. The van der Waals surface area contributed by atoms with Gasteiger partial charge in [0.15, 0.2) is 0 Å². The summed E-state index contributed by atoms with van der Waals surface area (Å²) in [5, 5.41) is 8.54. The van der Waals surface area contributed by atoms with Crippen LogP contribution in [0.5, 0.6) is 0 Å². The first-order valence-electron chi connectivity index (χ1n) is 5.30. The fraction of sp³-hybridized carbons (Fsp3) is 0.818. The second kappa shape index (κ2) is 7.26. The van der Waals surface area contributed by atoms with Crippen LogP contribution in [0.25, 0.3) is 0 Å². The molecular formula is C11H20O4. The molecular weight excluding hydrogens is 196 g/mol. The molecule has 0 saturated heterocycles. The number of hydrogen-bond acceptors (Lipinski definition) is 3. The minimum atomic E-state index is -0.754. The van der Waals surface area contributed by atoms with Crippen LogP contribution in [0.1, 0.15) is 46.5 Å². The largest absolute Gasteiger partial charge is 0.481 e. The molecule has 0 heterocycles. The van der Waals surface area contributed by atoms with E-state index in [4.69, 9.17) is 9.84 Å². The van der Waals surface area contributed by atoms with Gasteiger partial charge in [0.2, 0.25) is 0 Å². The predicted octanol–water partition coefficient (Wildman–Crippen LogP) is 2.22. The lowest BCUT2D eigenvalue weighted by molar-refractivity contribution is -0.145. The molecule has 0 spiro atoms. The standard InChI is InChI=1S/C11H20O4/c1-8(7-11(13)14)5-4-6-9(2)15-10(3)12/h8-9H,4-7H2,1-3H3,(H,13,14). The number of carboxylic acids is 1. The second-order valence-corrected chi connectivity index (χ2v) is 4.05. The fourth-order valence-electron chi connectivity index (χ4n) is 1.50. The highest BCUT2D eigenvalue weighted by Gasteiger charge is 2.09. The molecule has 0 amide bonds. The van der Waals surface area contributed by atoms with Gasteiger partial charge in [-0.3, -0.25) is 9.59 Å². The molecule has 1 N–H and O–H groups in total. The highest BCUT2D eigenvalue weighted by molar-refractivity contribution is 5.67. The molecule has 0 saturated carbocycles. The van der Waals surface area contributed by atoms with Gasteiger partial charge in [-0.15, -0.1) is 0 Å². The van der Waals surface area contributed by atoms with Crippen molar-refractivity contribution in [3.63, 3.8) is 0 Å². The zero-order chi connectivity index (χ0) is 11.8. The smallest absolute Gasteiger partial charge is 0.303 e. The Balaban J connectivity index is 3.52. The second-order valence-electron chi connectivity index (χ2n) is 4.05. The summed E-state index contributed by atoms with van der Waals surface area (Å²) >= 11 is 0. The summed E-state index contributed by atoms with van der Waals surface area (Å²) in [6, 6.07) is 0. The topological polar surface area (TPSA) is 63.6 Å². The van der Waals surface area contributed by atoms with E-state index in [0.717, 1.165) is 19.3 Å².